The van der Waals surface area contributed by atoms with Crippen molar-refractivity contribution in [2.24, 2.45) is 0 Å². The van der Waals surface area contributed by atoms with Gasteiger partial charge in [0.2, 0.25) is 0 Å². The minimum absolute atomic E-state index is 0.0525. The molecule has 0 radical (unpaired) electrons. The third-order valence-corrected chi connectivity index (χ3v) is 7.82. The number of aryl methyl sites for hydroxylation is 1. The molecule has 2 aliphatic rings. The number of anilines is 2. The predicted molar refractivity (Wildman–Crippen MR) is 151 cm³/mol. The first-order valence-corrected chi connectivity index (χ1v) is 12.9. The van der Waals surface area contributed by atoms with Crippen LogP contribution in [0.4, 0.5) is 11.4 Å². The van der Waals surface area contributed by atoms with Crippen LogP contribution in [0.25, 0.3) is 11.3 Å². The molecule has 38 heavy (non-hydrogen) atoms. The number of fused-ring (bicyclic) bond motifs is 1. The van der Waals surface area contributed by atoms with Gasteiger partial charge in [-0.3, -0.25) is 14.4 Å². The second-order valence-corrected chi connectivity index (χ2v) is 10.3. The molecule has 0 aromatic heterocycles. The Balaban J connectivity index is 1.43. The molecule has 7 heteroatoms. The molecule has 1 aliphatic carbocycles. The van der Waals surface area contributed by atoms with E-state index in [1.165, 1.54) is 6.42 Å². The summed E-state index contributed by atoms with van der Waals surface area (Å²) in [5, 5.41) is 9.42. The molecule has 3 N–H and O–H groups in total. The van der Waals surface area contributed by atoms with Crippen LogP contribution < -0.4 is 16.0 Å². The van der Waals surface area contributed by atoms with Gasteiger partial charge in [-0.2, -0.15) is 0 Å². The van der Waals surface area contributed by atoms with Crippen LogP contribution in [0.2, 0.25) is 0 Å². The molecule has 3 aromatic rings. The molecule has 0 bridgehead atoms. The van der Waals surface area contributed by atoms with E-state index in [1.807, 2.05) is 55.5 Å². The van der Waals surface area contributed by atoms with E-state index in [4.69, 9.17) is 0 Å². The lowest BCUT2D eigenvalue weighted by molar-refractivity contribution is -0.110. The number of aldehydes is 1. The smallest absolute Gasteiger partial charge is 0.258 e. The van der Waals surface area contributed by atoms with Crippen LogP contribution in [0.15, 0.2) is 66.7 Å². The van der Waals surface area contributed by atoms with Crippen molar-refractivity contribution in [3.05, 3.63) is 94.5 Å². The van der Waals surface area contributed by atoms with Crippen molar-refractivity contribution in [3.63, 3.8) is 0 Å². The molecular formula is C31H32N4O3. The van der Waals surface area contributed by atoms with Gasteiger partial charge in [0, 0.05) is 40.1 Å². The summed E-state index contributed by atoms with van der Waals surface area (Å²) >= 11 is 0. The Hall–Kier alpha value is -4.23. The second-order valence-electron chi connectivity index (χ2n) is 10.3. The van der Waals surface area contributed by atoms with E-state index in [2.05, 4.69) is 34.9 Å². The lowest BCUT2D eigenvalue weighted by Crippen LogP contribution is -2.57. The number of benzene rings is 3. The number of rotatable bonds is 8. The standard InChI is InChI=1S/C31H32N4O3/c1-20-16-25-26(17-23(20)18-36)34-30(38)27(25)28(21-8-5-4-6-9-21)33-24-12-10-22(11-13-24)29(37)32-19-31(35(2)3)14-7-15-31/h4-6,8-13,16-18,33H,7,14-15,19H2,1-3H3,(H,32,37)(H,34,38)/b28-27-. The summed E-state index contributed by atoms with van der Waals surface area (Å²) in [6, 6.07) is 20.5. The van der Waals surface area contributed by atoms with Crippen molar-refractivity contribution < 1.29 is 14.4 Å². The van der Waals surface area contributed by atoms with Gasteiger partial charge in [0.1, 0.15) is 6.29 Å². The van der Waals surface area contributed by atoms with Crippen LogP contribution in [0.1, 0.15) is 56.7 Å². The Morgan fingerprint density at radius 1 is 1.03 bits per heavy atom. The van der Waals surface area contributed by atoms with E-state index >= 15 is 0 Å². The highest BCUT2D eigenvalue weighted by molar-refractivity contribution is 6.37. The monoisotopic (exact) mass is 508 g/mol. The molecular weight excluding hydrogens is 476 g/mol. The zero-order valence-corrected chi connectivity index (χ0v) is 21.9. The van der Waals surface area contributed by atoms with Gasteiger partial charge < -0.3 is 20.9 Å². The van der Waals surface area contributed by atoms with Crippen LogP contribution in [0, 0.1) is 6.92 Å². The maximum Gasteiger partial charge on any atom is 0.258 e. The molecule has 1 aliphatic heterocycles. The predicted octanol–water partition coefficient (Wildman–Crippen LogP) is 4.95. The highest BCUT2D eigenvalue weighted by Gasteiger charge is 2.39. The summed E-state index contributed by atoms with van der Waals surface area (Å²) in [5.74, 6) is -0.340. The highest BCUT2D eigenvalue weighted by atomic mass is 16.2. The van der Waals surface area contributed by atoms with Gasteiger partial charge in [0.15, 0.2) is 0 Å². The van der Waals surface area contributed by atoms with E-state index in [9.17, 15) is 14.4 Å². The minimum atomic E-state index is -0.240. The van der Waals surface area contributed by atoms with Crippen LogP contribution in [0.5, 0.6) is 0 Å². The van der Waals surface area contributed by atoms with Crippen LogP contribution >= 0.6 is 0 Å². The maximum absolute atomic E-state index is 13.2. The molecule has 0 unspecified atom stereocenters. The Morgan fingerprint density at radius 3 is 2.34 bits per heavy atom. The first-order valence-electron chi connectivity index (χ1n) is 12.9. The first-order chi connectivity index (χ1) is 18.3. The van der Waals surface area contributed by atoms with Gasteiger partial charge in [-0.1, -0.05) is 30.3 Å². The lowest BCUT2D eigenvalue weighted by Gasteiger charge is -2.47. The van der Waals surface area contributed by atoms with E-state index < -0.39 is 0 Å². The topological polar surface area (TPSA) is 90.5 Å². The maximum atomic E-state index is 13.2. The SMILES string of the molecule is Cc1cc2c(cc1C=O)NC(=O)/C2=C(\Nc1ccc(C(=O)NCC2(N(C)C)CCC2)cc1)c1ccccc1. The number of carbonyl (C=O) groups excluding carboxylic acids is 3. The summed E-state index contributed by atoms with van der Waals surface area (Å²) in [4.78, 5) is 39.7. The van der Waals surface area contributed by atoms with E-state index in [-0.39, 0.29) is 17.4 Å². The largest absolute Gasteiger partial charge is 0.354 e. The number of hydrogen-bond donors (Lipinski definition) is 3. The first kappa shape index (κ1) is 25.4. The molecule has 1 saturated carbocycles. The number of nitrogens with one attached hydrogen (secondary N) is 3. The minimum Gasteiger partial charge on any atom is -0.354 e. The van der Waals surface area contributed by atoms with Gasteiger partial charge in [-0.25, -0.2) is 0 Å². The molecule has 3 aromatic carbocycles. The van der Waals surface area contributed by atoms with Crippen molar-refractivity contribution in [1.82, 2.24) is 10.2 Å². The number of carbonyl (C=O) groups is 3. The molecule has 1 heterocycles. The van der Waals surface area contributed by atoms with Crippen LogP contribution in [0.3, 0.4) is 0 Å². The van der Waals surface area contributed by atoms with Crippen LogP contribution in [-0.4, -0.2) is 49.2 Å². The molecule has 0 saturated heterocycles. The number of likely N-dealkylation sites (N-methyl/N-ethyl adjacent to an activating group) is 1. The average molecular weight is 509 g/mol. The lowest BCUT2D eigenvalue weighted by atomic mass is 9.75. The average Bonchev–Trinajstić information content (AvgIpc) is 3.20. The number of hydrogen-bond acceptors (Lipinski definition) is 5. The van der Waals surface area contributed by atoms with E-state index in [0.29, 0.717) is 34.6 Å². The second kappa shape index (κ2) is 10.3. The normalized spacial score (nSPS) is 16.8. The molecule has 7 nitrogen and oxygen atoms in total. The Kier molecular flexibility index (Phi) is 6.87. The summed E-state index contributed by atoms with van der Waals surface area (Å²) in [6.45, 7) is 2.48. The van der Waals surface area contributed by atoms with Gasteiger partial charge >= 0.3 is 0 Å². The Morgan fingerprint density at radius 2 is 1.74 bits per heavy atom. The van der Waals surface area contributed by atoms with Crippen molar-refractivity contribution in [2.45, 2.75) is 31.7 Å². The quantitative estimate of drug-likeness (QED) is 0.296. The van der Waals surface area contributed by atoms with Gasteiger partial charge in [0.05, 0.1) is 11.3 Å². The van der Waals surface area contributed by atoms with Gasteiger partial charge in [-0.05, 0) is 87.8 Å². The molecule has 194 valence electrons. The zero-order chi connectivity index (χ0) is 26.9. The molecule has 5 rings (SSSR count). The third kappa shape index (κ3) is 4.73. The summed E-state index contributed by atoms with van der Waals surface area (Å²) in [5.41, 5.74) is 6.08. The highest BCUT2D eigenvalue weighted by Crippen LogP contribution is 2.39. The fourth-order valence-corrected chi connectivity index (χ4v) is 5.16. The van der Waals surface area contributed by atoms with Gasteiger partial charge in [0.25, 0.3) is 11.8 Å². The zero-order valence-electron chi connectivity index (χ0n) is 21.9. The molecule has 0 spiro atoms. The van der Waals surface area contributed by atoms with Crippen molar-refractivity contribution in [3.8, 4) is 0 Å². The summed E-state index contributed by atoms with van der Waals surface area (Å²) in [6.07, 6.45) is 4.16. The number of amides is 2. The Labute approximate surface area is 222 Å². The fourth-order valence-electron chi connectivity index (χ4n) is 5.16. The Bertz CT molecular complexity index is 1420. The third-order valence-electron chi connectivity index (χ3n) is 7.82. The fraction of sp³-hybridized carbons (Fsp3) is 0.258. The van der Waals surface area contributed by atoms with Gasteiger partial charge in [-0.15, -0.1) is 0 Å². The molecule has 2 amide bonds. The summed E-state index contributed by atoms with van der Waals surface area (Å²) < 4.78 is 0. The van der Waals surface area contributed by atoms with Crippen molar-refractivity contribution >= 4 is 40.7 Å². The molecule has 0 atom stereocenters. The number of nitrogens with zero attached hydrogens (tertiary/aromatic N) is 1. The van der Waals surface area contributed by atoms with Crippen LogP contribution in [-0.2, 0) is 4.79 Å². The van der Waals surface area contributed by atoms with E-state index in [0.717, 1.165) is 41.5 Å². The molecule has 1 fully saturated rings. The van der Waals surface area contributed by atoms with Crippen molar-refractivity contribution in [2.75, 3.05) is 31.3 Å². The van der Waals surface area contributed by atoms with Crippen molar-refractivity contribution in [1.29, 1.82) is 0 Å². The summed E-state index contributed by atoms with van der Waals surface area (Å²) in [7, 11) is 4.13. The van der Waals surface area contributed by atoms with E-state index in [1.54, 1.807) is 18.2 Å².